The molecule has 15 heavy (non-hydrogen) atoms. The molecule has 80 valence electrons. The number of ether oxygens (including phenoxy) is 1. The number of esters is 1. The Morgan fingerprint density at radius 2 is 1.93 bits per heavy atom. The monoisotopic (exact) mass is 209 g/mol. The molecule has 0 fully saturated rings. The largest absolute Gasteiger partial charge is 0.480 e. The van der Waals surface area contributed by atoms with Crippen molar-refractivity contribution in [2.75, 3.05) is 0 Å². The van der Waals surface area contributed by atoms with E-state index in [0.29, 0.717) is 5.75 Å². The quantitative estimate of drug-likeness (QED) is 0.553. The summed E-state index contributed by atoms with van der Waals surface area (Å²) in [4.78, 5) is 21.5. The fourth-order valence-electron chi connectivity index (χ4n) is 0.929. The fourth-order valence-corrected chi connectivity index (χ4v) is 0.929. The molecule has 1 rings (SSSR count). The highest BCUT2D eigenvalue weighted by Crippen LogP contribution is 2.09. The maximum atomic E-state index is 11.2. The van der Waals surface area contributed by atoms with Crippen LogP contribution in [0.25, 0.3) is 0 Å². The van der Waals surface area contributed by atoms with Gasteiger partial charge in [0.25, 0.3) is 0 Å². The van der Waals surface area contributed by atoms with E-state index in [0.717, 1.165) is 0 Å². The van der Waals surface area contributed by atoms with Gasteiger partial charge < -0.3 is 15.6 Å². The summed E-state index contributed by atoms with van der Waals surface area (Å²) in [7, 11) is 0. The third kappa shape index (κ3) is 3.78. The van der Waals surface area contributed by atoms with Crippen LogP contribution in [0.2, 0.25) is 0 Å². The number of carbonyl (C=O) groups excluding carboxylic acids is 1. The van der Waals surface area contributed by atoms with Crippen molar-refractivity contribution in [3.8, 4) is 5.75 Å². The highest BCUT2D eigenvalue weighted by Gasteiger charge is 2.17. The minimum atomic E-state index is -1.22. The van der Waals surface area contributed by atoms with Gasteiger partial charge in [-0.05, 0) is 12.1 Å². The van der Waals surface area contributed by atoms with Gasteiger partial charge in [0.15, 0.2) is 0 Å². The van der Waals surface area contributed by atoms with E-state index in [1.807, 2.05) is 0 Å². The SMILES string of the molecule is N[C@@H](CC(=O)Oc1ccccc1)C(=O)O. The number of nitrogens with two attached hydrogens (primary N) is 1. The van der Waals surface area contributed by atoms with Gasteiger partial charge in [0, 0.05) is 0 Å². The number of carboxylic acid groups (broad SMARTS) is 1. The van der Waals surface area contributed by atoms with Crippen LogP contribution in [-0.4, -0.2) is 23.1 Å². The van der Waals surface area contributed by atoms with Crippen LogP contribution in [0.4, 0.5) is 0 Å². The van der Waals surface area contributed by atoms with Crippen LogP contribution in [-0.2, 0) is 9.59 Å². The van der Waals surface area contributed by atoms with Crippen LogP contribution >= 0.6 is 0 Å². The molecule has 5 nitrogen and oxygen atoms in total. The van der Waals surface area contributed by atoms with E-state index in [4.69, 9.17) is 15.6 Å². The van der Waals surface area contributed by atoms with E-state index in [2.05, 4.69) is 0 Å². The van der Waals surface area contributed by atoms with Crippen molar-refractivity contribution >= 4 is 11.9 Å². The normalized spacial score (nSPS) is 11.8. The topological polar surface area (TPSA) is 89.6 Å². The maximum absolute atomic E-state index is 11.2. The third-order valence-electron chi connectivity index (χ3n) is 1.68. The number of carboxylic acids is 1. The predicted octanol–water partition coefficient (Wildman–Crippen LogP) is 0.394. The van der Waals surface area contributed by atoms with Crippen molar-refractivity contribution in [1.82, 2.24) is 0 Å². The Bertz CT molecular complexity index is 350. The fraction of sp³-hybridized carbons (Fsp3) is 0.200. The van der Waals surface area contributed by atoms with Gasteiger partial charge in [-0.15, -0.1) is 0 Å². The van der Waals surface area contributed by atoms with Crippen LogP contribution in [0.3, 0.4) is 0 Å². The summed E-state index contributed by atoms with van der Waals surface area (Å²) in [6.07, 6.45) is -0.343. The maximum Gasteiger partial charge on any atom is 0.321 e. The van der Waals surface area contributed by atoms with Crippen LogP contribution in [0.1, 0.15) is 6.42 Å². The summed E-state index contributed by atoms with van der Waals surface area (Å²) < 4.78 is 4.85. The van der Waals surface area contributed by atoms with Crippen LogP contribution in [0, 0.1) is 0 Å². The average Bonchev–Trinajstić information content (AvgIpc) is 2.18. The van der Waals surface area contributed by atoms with Crippen molar-refractivity contribution in [2.45, 2.75) is 12.5 Å². The van der Waals surface area contributed by atoms with Gasteiger partial charge in [-0.1, -0.05) is 18.2 Å². The molecule has 0 saturated carbocycles. The molecule has 0 bridgehead atoms. The molecule has 0 aromatic heterocycles. The van der Waals surface area contributed by atoms with Gasteiger partial charge in [0.2, 0.25) is 0 Å². The smallest absolute Gasteiger partial charge is 0.321 e. The predicted molar refractivity (Wildman–Crippen MR) is 52.3 cm³/mol. The Kier molecular flexibility index (Phi) is 3.82. The Labute approximate surface area is 86.5 Å². The summed E-state index contributed by atoms with van der Waals surface area (Å²) >= 11 is 0. The highest BCUT2D eigenvalue weighted by molar-refractivity contribution is 5.82. The number of hydrogen-bond acceptors (Lipinski definition) is 4. The van der Waals surface area contributed by atoms with E-state index in [1.165, 1.54) is 0 Å². The number of aliphatic carboxylic acids is 1. The van der Waals surface area contributed by atoms with E-state index >= 15 is 0 Å². The zero-order valence-corrected chi connectivity index (χ0v) is 7.92. The summed E-state index contributed by atoms with van der Waals surface area (Å²) in [6.45, 7) is 0. The first-order chi connectivity index (χ1) is 7.09. The lowest BCUT2D eigenvalue weighted by Crippen LogP contribution is -2.33. The van der Waals surface area contributed by atoms with Gasteiger partial charge in [-0.2, -0.15) is 0 Å². The van der Waals surface area contributed by atoms with Gasteiger partial charge in [-0.25, -0.2) is 0 Å². The molecule has 0 amide bonds. The lowest BCUT2D eigenvalue weighted by atomic mass is 10.2. The Morgan fingerprint density at radius 1 is 1.33 bits per heavy atom. The summed E-state index contributed by atoms with van der Waals surface area (Å²) in [5, 5.41) is 8.46. The standard InChI is InChI=1S/C10H11NO4/c11-8(10(13)14)6-9(12)15-7-4-2-1-3-5-7/h1-5,8H,6,11H2,(H,13,14)/t8-/m0/s1. The van der Waals surface area contributed by atoms with Crippen LogP contribution in [0.15, 0.2) is 30.3 Å². The second kappa shape index (κ2) is 5.11. The Balaban J connectivity index is 2.47. The zero-order valence-electron chi connectivity index (χ0n) is 7.92. The van der Waals surface area contributed by atoms with Crippen molar-refractivity contribution in [3.63, 3.8) is 0 Å². The van der Waals surface area contributed by atoms with Crippen molar-refractivity contribution in [1.29, 1.82) is 0 Å². The molecule has 0 aliphatic carbocycles. The van der Waals surface area contributed by atoms with Gasteiger partial charge in [0.1, 0.15) is 11.8 Å². The van der Waals surface area contributed by atoms with E-state index in [9.17, 15) is 9.59 Å². The lowest BCUT2D eigenvalue weighted by Gasteiger charge is -2.06. The zero-order chi connectivity index (χ0) is 11.3. The molecule has 0 saturated heterocycles. The van der Waals surface area contributed by atoms with E-state index in [-0.39, 0.29) is 6.42 Å². The lowest BCUT2D eigenvalue weighted by molar-refractivity contribution is -0.143. The molecule has 3 N–H and O–H groups in total. The first-order valence-corrected chi connectivity index (χ1v) is 4.33. The van der Waals surface area contributed by atoms with Crippen LogP contribution < -0.4 is 10.5 Å². The minimum Gasteiger partial charge on any atom is -0.480 e. The number of para-hydroxylation sites is 1. The summed E-state index contributed by atoms with van der Waals surface area (Å²) in [6, 6.07) is 7.18. The molecule has 0 aliphatic rings. The molecular formula is C10H11NO4. The molecular weight excluding hydrogens is 198 g/mol. The molecule has 0 radical (unpaired) electrons. The number of rotatable bonds is 4. The number of carbonyl (C=O) groups is 2. The minimum absolute atomic E-state index is 0.343. The number of benzene rings is 1. The van der Waals surface area contributed by atoms with Gasteiger partial charge >= 0.3 is 11.9 Å². The molecule has 1 aromatic carbocycles. The van der Waals surface area contributed by atoms with Crippen LogP contribution in [0.5, 0.6) is 5.75 Å². The molecule has 1 atom stereocenters. The average molecular weight is 209 g/mol. The molecule has 1 aromatic rings. The van der Waals surface area contributed by atoms with Crippen molar-refractivity contribution < 1.29 is 19.4 Å². The second-order valence-corrected chi connectivity index (χ2v) is 2.94. The van der Waals surface area contributed by atoms with Gasteiger partial charge in [-0.3, -0.25) is 9.59 Å². The molecule has 0 spiro atoms. The molecule has 0 heterocycles. The van der Waals surface area contributed by atoms with Crippen molar-refractivity contribution in [3.05, 3.63) is 30.3 Å². The first kappa shape index (κ1) is 11.2. The first-order valence-electron chi connectivity index (χ1n) is 4.33. The van der Waals surface area contributed by atoms with Gasteiger partial charge in [0.05, 0.1) is 6.42 Å². The number of hydrogen-bond donors (Lipinski definition) is 2. The van der Waals surface area contributed by atoms with Crippen molar-refractivity contribution in [2.24, 2.45) is 5.73 Å². The second-order valence-electron chi connectivity index (χ2n) is 2.94. The summed E-state index contributed by atoms with van der Waals surface area (Å²) in [5.74, 6) is -1.50. The Morgan fingerprint density at radius 3 is 2.47 bits per heavy atom. The molecule has 0 aliphatic heterocycles. The summed E-state index contributed by atoms with van der Waals surface area (Å²) in [5.41, 5.74) is 5.17. The Hall–Kier alpha value is -1.88. The van der Waals surface area contributed by atoms with E-state index < -0.39 is 18.0 Å². The molecule has 0 unspecified atom stereocenters. The molecule has 5 heteroatoms. The third-order valence-corrected chi connectivity index (χ3v) is 1.68. The van der Waals surface area contributed by atoms with E-state index in [1.54, 1.807) is 30.3 Å². The highest BCUT2D eigenvalue weighted by atomic mass is 16.5.